The number of nitrogens with one attached hydrogen (secondary N) is 1. The van der Waals surface area contributed by atoms with Crippen LogP contribution in [0.2, 0.25) is 0 Å². The lowest BCUT2D eigenvalue weighted by Crippen LogP contribution is -2.35. The van der Waals surface area contributed by atoms with E-state index in [2.05, 4.69) is 12.2 Å². The van der Waals surface area contributed by atoms with Gasteiger partial charge < -0.3 is 5.32 Å². The van der Waals surface area contributed by atoms with E-state index in [1.165, 1.54) is 12.0 Å². The van der Waals surface area contributed by atoms with Gasteiger partial charge in [0, 0.05) is 6.04 Å². The smallest absolute Gasteiger partial charge is 0.123 e. The van der Waals surface area contributed by atoms with Crippen molar-refractivity contribution in [2.75, 3.05) is 6.54 Å². The van der Waals surface area contributed by atoms with E-state index in [9.17, 15) is 4.39 Å². The van der Waals surface area contributed by atoms with Crippen LogP contribution in [-0.4, -0.2) is 6.54 Å². The van der Waals surface area contributed by atoms with Gasteiger partial charge in [-0.3, -0.25) is 0 Å². The van der Waals surface area contributed by atoms with E-state index in [0.29, 0.717) is 6.04 Å². The van der Waals surface area contributed by atoms with Crippen molar-refractivity contribution in [2.24, 2.45) is 0 Å². The molecule has 2 heteroatoms. The zero-order valence-electron chi connectivity index (χ0n) is 7.81. The quantitative estimate of drug-likeness (QED) is 0.735. The molecule has 1 N–H and O–H groups in total. The second-order valence-electron chi connectivity index (χ2n) is 3.49. The molecule has 1 aliphatic rings. The Morgan fingerprint density at radius 2 is 2.31 bits per heavy atom. The van der Waals surface area contributed by atoms with Crippen molar-refractivity contribution in [1.29, 1.82) is 0 Å². The molecule has 1 saturated heterocycles. The Hall–Kier alpha value is -0.890. The predicted molar refractivity (Wildman–Crippen MR) is 51.1 cm³/mol. The highest BCUT2D eigenvalue weighted by molar-refractivity contribution is 5.31. The Morgan fingerprint density at radius 3 is 2.85 bits per heavy atom. The van der Waals surface area contributed by atoms with Gasteiger partial charge in [-0.1, -0.05) is 13.0 Å². The maximum absolute atomic E-state index is 12.9. The molecule has 0 aliphatic carbocycles. The Morgan fingerprint density at radius 1 is 1.54 bits per heavy atom. The van der Waals surface area contributed by atoms with E-state index in [-0.39, 0.29) is 5.82 Å². The second-order valence-corrected chi connectivity index (χ2v) is 3.49. The first kappa shape index (κ1) is 8.70. The molecule has 0 saturated carbocycles. The van der Waals surface area contributed by atoms with E-state index in [1.807, 2.05) is 6.07 Å². The average molecular weight is 179 g/mol. The summed E-state index contributed by atoms with van der Waals surface area (Å²) in [6.45, 7) is 3.15. The lowest BCUT2D eigenvalue weighted by molar-refractivity contribution is 0.380. The summed E-state index contributed by atoms with van der Waals surface area (Å²) in [5, 5.41) is 3.33. The Kier molecular flexibility index (Phi) is 2.32. The highest BCUT2D eigenvalue weighted by Gasteiger charge is 2.20. The SMILES string of the molecule is CCc1cc(F)ccc1C1CCN1. The van der Waals surface area contributed by atoms with Crippen LogP contribution < -0.4 is 5.32 Å². The van der Waals surface area contributed by atoms with Gasteiger partial charge in [0.25, 0.3) is 0 Å². The van der Waals surface area contributed by atoms with Crippen molar-refractivity contribution in [1.82, 2.24) is 5.32 Å². The second kappa shape index (κ2) is 3.46. The zero-order chi connectivity index (χ0) is 9.26. The molecule has 1 aliphatic heterocycles. The van der Waals surface area contributed by atoms with Gasteiger partial charge in [-0.2, -0.15) is 0 Å². The van der Waals surface area contributed by atoms with E-state index in [0.717, 1.165) is 18.5 Å². The first-order valence-electron chi connectivity index (χ1n) is 4.83. The monoisotopic (exact) mass is 179 g/mol. The van der Waals surface area contributed by atoms with Crippen molar-refractivity contribution < 1.29 is 4.39 Å². The van der Waals surface area contributed by atoms with Crippen LogP contribution in [0, 0.1) is 5.82 Å². The van der Waals surface area contributed by atoms with Crippen molar-refractivity contribution >= 4 is 0 Å². The first-order chi connectivity index (χ1) is 6.31. The lowest BCUT2D eigenvalue weighted by atomic mass is 9.92. The van der Waals surface area contributed by atoms with E-state index in [4.69, 9.17) is 0 Å². The van der Waals surface area contributed by atoms with Crippen molar-refractivity contribution in [2.45, 2.75) is 25.8 Å². The molecule has 1 unspecified atom stereocenters. The topological polar surface area (TPSA) is 12.0 Å². The lowest BCUT2D eigenvalue weighted by Gasteiger charge is -2.29. The van der Waals surface area contributed by atoms with Gasteiger partial charge in [-0.15, -0.1) is 0 Å². The highest BCUT2D eigenvalue weighted by atomic mass is 19.1. The predicted octanol–water partition coefficient (Wildman–Crippen LogP) is 2.42. The molecule has 1 nitrogen and oxygen atoms in total. The third-order valence-electron chi connectivity index (χ3n) is 2.69. The van der Waals surface area contributed by atoms with Gasteiger partial charge in [0.05, 0.1) is 0 Å². The van der Waals surface area contributed by atoms with Crippen LogP contribution in [0.15, 0.2) is 18.2 Å². The fraction of sp³-hybridized carbons (Fsp3) is 0.455. The molecule has 1 atom stereocenters. The fourth-order valence-corrected chi connectivity index (χ4v) is 1.77. The van der Waals surface area contributed by atoms with Gasteiger partial charge in [0.15, 0.2) is 0 Å². The van der Waals surface area contributed by atoms with Gasteiger partial charge in [0.2, 0.25) is 0 Å². The Balaban J connectivity index is 2.32. The summed E-state index contributed by atoms with van der Waals surface area (Å²) < 4.78 is 12.9. The minimum absolute atomic E-state index is 0.125. The standard InChI is InChI=1S/C11H14FN/c1-2-8-7-9(12)3-4-10(8)11-5-6-13-11/h3-4,7,11,13H,2,5-6H2,1H3. The highest BCUT2D eigenvalue weighted by Crippen LogP contribution is 2.26. The van der Waals surface area contributed by atoms with E-state index < -0.39 is 0 Å². The largest absolute Gasteiger partial charge is 0.310 e. The maximum Gasteiger partial charge on any atom is 0.123 e. The molecular formula is C11H14FN. The van der Waals surface area contributed by atoms with Crippen molar-refractivity contribution in [3.05, 3.63) is 35.1 Å². The minimum Gasteiger partial charge on any atom is -0.310 e. The number of hydrogen-bond acceptors (Lipinski definition) is 1. The number of aryl methyl sites for hydroxylation is 1. The molecule has 1 aromatic carbocycles. The molecule has 1 fully saturated rings. The van der Waals surface area contributed by atoms with Gasteiger partial charge >= 0.3 is 0 Å². The van der Waals surface area contributed by atoms with Crippen molar-refractivity contribution in [3.63, 3.8) is 0 Å². The van der Waals surface area contributed by atoms with E-state index in [1.54, 1.807) is 12.1 Å². The van der Waals surface area contributed by atoms with Crippen LogP contribution >= 0.6 is 0 Å². The van der Waals surface area contributed by atoms with Crippen LogP contribution in [-0.2, 0) is 6.42 Å². The number of halogens is 1. The summed E-state index contributed by atoms with van der Waals surface area (Å²) in [5.74, 6) is -0.125. The van der Waals surface area contributed by atoms with Crippen LogP contribution in [0.4, 0.5) is 4.39 Å². The molecule has 0 amide bonds. The molecule has 0 aromatic heterocycles. The summed E-state index contributed by atoms with van der Waals surface area (Å²) in [7, 11) is 0. The third-order valence-corrected chi connectivity index (χ3v) is 2.69. The van der Waals surface area contributed by atoms with Crippen LogP contribution in [0.3, 0.4) is 0 Å². The van der Waals surface area contributed by atoms with Gasteiger partial charge in [0.1, 0.15) is 5.82 Å². The summed E-state index contributed by atoms with van der Waals surface area (Å²) in [5.41, 5.74) is 2.41. The summed E-state index contributed by atoms with van der Waals surface area (Å²) in [6.07, 6.45) is 2.09. The summed E-state index contributed by atoms with van der Waals surface area (Å²) in [6, 6.07) is 5.57. The summed E-state index contributed by atoms with van der Waals surface area (Å²) in [4.78, 5) is 0. The number of benzene rings is 1. The Bertz CT molecular complexity index is 305. The summed E-state index contributed by atoms with van der Waals surface area (Å²) >= 11 is 0. The van der Waals surface area contributed by atoms with Crippen molar-refractivity contribution in [3.8, 4) is 0 Å². The van der Waals surface area contributed by atoms with E-state index >= 15 is 0 Å². The molecule has 13 heavy (non-hydrogen) atoms. The molecule has 0 spiro atoms. The number of hydrogen-bond donors (Lipinski definition) is 1. The van der Waals surface area contributed by atoms with Gasteiger partial charge in [-0.25, -0.2) is 4.39 Å². The van der Waals surface area contributed by atoms with Gasteiger partial charge in [-0.05, 0) is 42.6 Å². The minimum atomic E-state index is -0.125. The number of rotatable bonds is 2. The molecule has 0 bridgehead atoms. The first-order valence-corrected chi connectivity index (χ1v) is 4.83. The normalized spacial score (nSPS) is 21.2. The third kappa shape index (κ3) is 1.59. The van der Waals surface area contributed by atoms with Crippen LogP contribution in [0.5, 0.6) is 0 Å². The molecule has 1 heterocycles. The average Bonchev–Trinajstić information content (AvgIpc) is 2.05. The fourth-order valence-electron chi connectivity index (χ4n) is 1.77. The van der Waals surface area contributed by atoms with Crippen LogP contribution in [0.25, 0.3) is 0 Å². The molecule has 1 aromatic rings. The molecule has 0 radical (unpaired) electrons. The maximum atomic E-state index is 12.9. The Labute approximate surface area is 78.0 Å². The molecular weight excluding hydrogens is 165 g/mol. The molecule has 2 rings (SSSR count). The van der Waals surface area contributed by atoms with Crippen LogP contribution in [0.1, 0.15) is 30.5 Å². The molecule has 70 valence electrons. The zero-order valence-corrected chi connectivity index (χ0v) is 7.81.